The van der Waals surface area contributed by atoms with Crippen LogP contribution in [0.15, 0.2) is 36.8 Å². The number of piperidine rings is 1. The Bertz CT molecular complexity index is 1010. The molecule has 0 radical (unpaired) electrons. The number of hydrogen-bond donors (Lipinski definition) is 1. The van der Waals surface area contributed by atoms with Crippen LogP contribution in [0.1, 0.15) is 30.9 Å². The molecule has 3 atom stereocenters. The van der Waals surface area contributed by atoms with Crippen molar-refractivity contribution in [2.75, 3.05) is 13.1 Å². The maximum Gasteiger partial charge on any atom is 0.350 e. The van der Waals surface area contributed by atoms with Crippen LogP contribution in [-0.2, 0) is 10.0 Å². The van der Waals surface area contributed by atoms with E-state index >= 15 is 0 Å². The topological polar surface area (TPSA) is 75.4 Å². The van der Waals surface area contributed by atoms with Crippen molar-refractivity contribution in [1.29, 1.82) is 0 Å². The van der Waals surface area contributed by atoms with Gasteiger partial charge in [0.05, 0.1) is 30.4 Å². The fraction of sp³-hybridized carbons (Fsp3) is 0.526. The lowest BCUT2D eigenvalue weighted by Crippen LogP contribution is -2.60. The van der Waals surface area contributed by atoms with Crippen LogP contribution in [-0.4, -0.2) is 52.3 Å². The lowest BCUT2D eigenvalue weighted by atomic mass is 9.53. The zero-order valence-electron chi connectivity index (χ0n) is 15.1. The summed E-state index contributed by atoms with van der Waals surface area (Å²) in [5.41, 5.74) is 2.93. The van der Waals surface area contributed by atoms with E-state index in [1.165, 1.54) is 0 Å². The van der Waals surface area contributed by atoms with Crippen molar-refractivity contribution in [3.05, 3.63) is 42.4 Å². The Morgan fingerprint density at radius 3 is 2.61 bits per heavy atom. The summed E-state index contributed by atoms with van der Waals surface area (Å²) in [6.07, 6.45) is 4.56. The van der Waals surface area contributed by atoms with Gasteiger partial charge in [0.25, 0.3) is 10.0 Å². The summed E-state index contributed by atoms with van der Waals surface area (Å²) in [6, 6.07) is 8.09. The van der Waals surface area contributed by atoms with Crippen molar-refractivity contribution >= 4 is 10.0 Å². The monoisotopic (exact) mass is 409 g/mol. The highest BCUT2D eigenvalue weighted by atomic mass is 32.2. The predicted molar refractivity (Wildman–Crippen MR) is 98.1 cm³/mol. The molecule has 0 amide bonds. The predicted octanol–water partition coefficient (Wildman–Crippen LogP) is 2.47. The average molecular weight is 409 g/mol. The van der Waals surface area contributed by atoms with Crippen LogP contribution in [0.2, 0.25) is 0 Å². The molecular weight excluding hydrogens is 388 g/mol. The molecule has 6 nitrogen and oxygen atoms in total. The second-order valence-electron chi connectivity index (χ2n) is 8.10. The highest BCUT2D eigenvalue weighted by molar-refractivity contribution is 7.89. The van der Waals surface area contributed by atoms with Crippen LogP contribution in [0.4, 0.5) is 8.78 Å². The van der Waals surface area contributed by atoms with Gasteiger partial charge in [-0.3, -0.25) is 0 Å². The number of halogens is 2. The summed E-state index contributed by atoms with van der Waals surface area (Å²) in [7, 11) is -4.55. The van der Waals surface area contributed by atoms with Gasteiger partial charge in [-0.2, -0.15) is 13.1 Å². The normalized spacial score (nSPS) is 28.9. The molecule has 28 heavy (non-hydrogen) atoms. The molecule has 9 heteroatoms. The zero-order chi connectivity index (χ0) is 19.7. The molecule has 1 aromatic heterocycles. The summed E-state index contributed by atoms with van der Waals surface area (Å²) in [5, 5.41) is 11.1. The number of aliphatic hydroxyl groups excluding tert-OH is 1. The van der Waals surface area contributed by atoms with Gasteiger partial charge in [-0.05, 0) is 30.2 Å². The Balaban J connectivity index is 1.36. The van der Waals surface area contributed by atoms with E-state index < -0.39 is 27.3 Å². The molecule has 5 rings (SSSR count). The molecule has 2 aromatic rings. The quantitative estimate of drug-likeness (QED) is 0.845. The third-order valence-corrected chi connectivity index (χ3v) is 8.44. The maximum absolute atomic E-state index is 12.8. The number of imidazole rings is 1. The lowest BCUT2D eigenvalue weighted by molar-refractivity contribution is -0.152. The molecule has 2 fully saturated rings. The molecule has 0 bridgehead atoms. The third-order valence-electron chi connectivity index (χ3n) is 6.91. The highest BCUT2D eigenvalue weighted by Gasteiger charge is 2.58. The van der Waals surface area contributed by atoms with E-state index in [9.17, 15) is 22.3 Å². The Hall–Kier alpha value is -1.84. The van der Waals surface area contributed by atoms with Crippen LogP contribution < -0.4 is 0 Å². The number of alkyl halides is 2. The van der Waals surface area contributed by atoms with E-state index in [2.05, 4.69) is 21.7 Å². The maximum atomic E-state index is 12.8. The largest absolute Gasteiger partial charge is 0.392 e. The minimum atomic E-state index is -4.55. The minimum absolute atomic E-state index is 0.00264. The van der Waals surface area contributed by atoms with Gasteiger partial charge in [0, 0.05) is 24.6 Å². The van der Waals surface area contributed by atoms with Crippen LogP contribution in [0.3, 0.4) is 0 Å². The number of aromatic nitrogens is 2. The molecule has 1 aliphatic carbocycles. The Morgan fingerprint density at radius 2 is 1.93 bits per heavy atom. The molecule has 3 aliphatic rings. The molecular formula is C19H21F2N3O3S. The molecule has 1 saturated heterocycles. The van der Waals surface area contributed by atoms with E-state index in [4.69, 9.17) is 0 Å². The Labute approximate surface area is 161 Å². The van der Waals surface area contributed by atoms with E-state index in [1.54, 1.807) is 6.33 Å². The second kappa shape index (κ2) is 6.08. The van der Waals surface area contributed by atoms with Crippen LogP contribution in [0, 0.1) is 11.3 Å². The summed E-state index contributed by atoms with van der Waals surface area (Å²) in [4.78, 5) is 4.25. The number of fused-ring (bicyclic) bond motifs is 3. The van der Waals surface area contributed by atoms with Gasteiger partial charge in [-0.25, -0.2) is 13.4 Å². The fourth-order valence-electron chi connectivity index (χ4n) is 5.39. The first-order valence-electron chi connectivity index (χ1n) is 9.41. The van der Waals surface area contributed by atoms with Crippen molar-refractivity contribution in [3.8, 4) is 11.3 Å². The Kier molecular flexibility index (Phi) is 3.95. The molecule has 150 valence electrons. The van der Waals surface area contributed by atoms with Crippen molar-refractivity contribution in [2.24, 2.45) is 11.3 Å². The van der Waals surface area contributed by atoms with Crippen LogP contribution in [0.5, 0.6) is 0 Å². The van der Waals surface area contributed by atoms with Gasteiger partial charge in [-0.1, -0.05) is 24.3 Å². The van der Waals surface area contributed by atoms with Gasteiger partial charge >= 0.3 is 5.76 Å². The Morgan fingerprint density at radius 1 is 1.21 bits per heavy atom. The second-order valence-corrected chi connectivity index (χ2v) is 10.0. The standard InChI is InChI=1S/C19H21F2N3O3S/c20-18(21)28(26,27)23-7-5-19(6-8-23)9-14(17(19)25)16-13-4-2-1-3-12(13)15-10-22-11-24(15)16/h1-4,10-11,14,16-18,25H,5-9H2/t14-,16+,17+/m0/s1. The molecule has 1 spiro atoms. The fourth-order valence-corrected chi connectivity index (χ4v) is 6.31. The van der Waals surface area contributed by atoms with Gasteiger partial charge in [0.15, 0.2) is 0 Å². The number of benzene rings is 1. The van der Waals surface area contributed by atoms with Crippen LogP contribution >= 0.6 is 0 Å². The van der Waals surface area contributed by atoms with Crippen molar-refractivity contribution in [2.45, 2.75) is 37.2 Å². The van der Waals surface area contributed by atoms with Gasteiger partial charge in [0.2, 0.25) is 0 Å². The zero-order valence-corrected chi connectivity index (χ0v) is 15.9. The molecule has 1 aromatic carbocycles. The molecule has 3 heterocycles. The summed E-state index contributed by atoms with van der Waals surface area (Å²) in [5.74, 6) is -3.40. The molecule has 0 unspecified atom stereocenters. The number of sulfonamides is 1. The van der Waals surface area contributed by atoms with Crippen LogP contribution in [0.25, 0.3) is 11.3 Å². The van der Waals surface area contributed by atoms with Crippen molar-refractivity contribution in [1.82, 2.24) is 13.9 Å². The third kappa shape index (κ3) is 2.36. The summed E-state index contributed by atoms with van der Waals surface area (Å²) >= 11 is 0. The summed E-state index contributed by atoms with van der Waals surface area (Å²) in [6.45, 7) is 0.0715. The minimum Gasteiger partial charge on any atom is -0.392 e. The van der Waals surface area contributed by atoms with E-state index in [1.807, 2.05) is 18.3 Å². The SMILES string of the molecule is O=S(=O)(C(F)F)N1CCC2(CC1)C[C@@H]([C@H]1c3ccccc3-c3cncn31)[C@H]2O. The van der Waals surface area contributed by atoms with E-state index in [-0.39, 0.29) is 25.0 Å². The molecule has 1 saturated carbocycles. The first-order valence-corrected chi connectivity index (χ1v) is 10.9. The van der Waals surface area contributed by atoms with Crippen molar-refractivity contribution in [3.63, 3.8) is 0 Å². The first-order chi connectivity index (χ1) is 13.3. The summed E-state index contributed by atoms with van der Waals surface area (Å²) < 4.78 is 52.0. The number of rotatable bonds is 3. The van der Waals surface area contributed by atoms with Gasteiger partial charge in [0.1, 0.15) is 0 Å². The van der Waals surface area contributed by atoms with Gasteiger partial charge in [-0.15, -0.1) is 0 Å². The van der Waals surface area contributed by atoms with E-state index in [0.29, 0.717) is 12.8 Å². The molecule has 1 N–H and O–H groups in total. The smallest absolute Gasteiger partial charge is 0.350 e. The average Bonchev–Trinajstić information content (AvgIpc) is 3.27. The number of hydrogen-bond acceptors (Lipinski definition) is 4. The van der Waals surface area contributed by atoms with Crippen molar-refractivity contribution < 1.29 is 22.3 Å². The molecule has 2 aliphatic heterocycles. The first kappa shape index (κ1) is 18.2. The van der Waals surface area contributed by atoms with E-state index in [0.717, 1.165) is 27.5 Å². The van der Waals surface area contributed by atoms with Gasteiger partial charge < -0.3 is 9.67 Å². The highest BCUT2D eigenvalue weighted by Crippen LogP contribution is 2.59. The lowest BCUT2D eigenvalue weighted by Gasteiger charge is -2.57. The number of nitrogens with zero attached hydrogens (tertiary/aromatic N) is 3. The number of aliphatic hydroxyl groups is 1.